The van der Waals surface area contributed by atoms with E-state index >= 15 is 0 Å². The first kappa shape index (κ1) is 19.6. The van der Waals surface area contributed by atoms with Crippen LogP contribution in [0.15, 0.2) is 48.5 Å². The Morgan fingerprint density at radius 1 is 1.14 bits per heavy atom. The van der Waals surface area contributed by atoms with Gasteiger partial charge in [-0.15, -0.1) is 0 Å². The van der Waals surface area contributed by atoms with Crippen LogP contribution in [0.4, 0.5) is 17.6 Å². The van der Waals surface area contributed by atoms with E-state index in [0.717, 1.165) is 11.3 Å². The smallest absolute Gasteiger partial charge is 0.344 e. The van der Waals surface area contributed by atoms with Crippen LogP contribution in [-0.2, 0) is 16.1 Å². The van der Waals surface area contributed by atoms with E-state index in [1.165, 1.54) is 0 Å². The standard InChI is InChI=1S/C20H18N6O3/c1-13-4-2-3-5-16(13)23-20-25-17(24-19(22)26-20)11-29-18(27)12-28-15-8-6-14(10-21)7-9-15/h2-9H,11-12H2,1H3,(H3,22,23,24,25,26). The molecule has 1 aromatic heterocycles. The number of nitriles is 1. The zero-order valence-electron chi connectivity index (χ0n) is 15.6. The van der Waals surface area contributed by atoms with E-state index in [-0.39, 0.29) is 30.9 Å². The minimum absolute atomic E-state index is 0.0102. The number of nitrogen functional groups attached to an aromatic ring is 1. The van der Waals surface area contributed by atoms with Crippen molar-refractivity contribution in [2.75, 3.05) is 17.7 Å². The summed E-state index contributed by atoms with van der Waals surface area (Å²) >= 11 is 0. The summed E-state index contributed by atoms with van der Waals surface area (Å²) < 4.78 is 10.4. The van der Waals surface area contributed by atoms with Gasteiger partial charge in [-0.2, -0.15) is 20.2 Å². The van der Waals surface area contributed by atoms with E-state index in [2.05, 4.69) is 20.3 Å². The molecule has 3 rings (SSSR count). The monoisotopic (exact) mass is 390 g/mol. The Kier molecular flexibility index (Phi) is 6.17. The Morgan fingerprint density at radius 2 is 1.90 bits per heavy atom. The van der Waals surface area contributed by atoms with E-state index in [1.807, 2.05) is 37.3 Å². The highest BCUT2D eigenvalue weighted by Crippen LogP contribution is 2.18. The number of benzene rings is 2. The third-order valence-corrected chi connectivity index (χ3v) is 3.79. The molecule has 0 saturated heterocycles. The fraction of sp³-hybridized carbons (Fsp3) is 0.150. The SMILES string of the molecule is Cc1ccccc1Nc1nc(N)nc(COC(=O)COc2ccc(C#N)cc2)n1. The number of aromatic nitrogens is 3. The second kappa shape index (κ2) is 9.14. The highest BCUT2D eigenvalue weighted by atomic mass is 16.6. The highest BCUT2D eigenvalue weighted by Gasteiger charge is 2.10. The molecule has 3 aromatic rings. The number of nitrogens with zero attached hydrogens (tertiary/aromatic N) is 4. The Hall–Kier alpha value is -4.19. The van der Waals surface area contributed by atoms with Gasteiger partial charge in [-0.25, -0.2) is 4.79 Å². The molecule has 0 atom stereocenters. The summed E-state index contributed by atoms with van der Waals surface area (Å²) in [6.07, 6.45) is 0. The number of ether oxygens (including phenoxy) is 2. The number of para-hydroxylation sites is 1. The predicted molar refractivity (Wildman–Crippen MR) is 105 cm³/mol. The van der Waals surface area contributed by atoms with E-state index in [4.69, 9.17) is 20.5 Å². The van der Waals surface area contributed by atoms with Crippen LogP contribution < -0.4 is 15.8 Å². The summed E-state index contributed by atoms with van der Waals surface area (Å²) in [5.41, 5.74) is 8.07. The maximum atomic E-state index is 11.9. The fourth-order valence-electron chi connectivity index (χ4n) is 2.35. The van der Waals surface area contributed by atoms with Crippen molar-refractivity contribution in [3.63, 3.8) is 0 Å². The van der Waals surface area contributed by atoms with Crippen molar-refractivity contribution >= 4 is 23.6 Å². The molecule has 29 heavy (non-hydrogen) atoms. The summed E-state index contributed by atoms with van der Waals surface area (Å²) in [6.45, 7) is 1.48. The van der Waals surface area contributed by atoms with Crippen LogP contribution in [0.25, 0.3) is 0 Å². The van der Waals surface area contributed by atoms with Crippen molar-refractivity contribution in [2.24, 2.45) is 0 Å². The maximum absolute atomic E-state index is 11.9. The van der Waals surface area contributed by atoms with Crippen LogP contribution in [0.1, 0.15) is 17.0 Å². The van der Waals surface area contributed by atoms with E-state index < -0.39 is 5.97 Å². The van der Waals surface area contributed by atoms with Gasteiger partial charge in [-0.1, -0.05) is 18.2 Å². The van der Waals surface area contributed by atoms with Crippen molar-refractivity contribution < 1.29 is 14.3 Å². The van der Waals surface area contributed by atoms with Crippen LogP contribution in [0.2, 0.25) is 0 Å². The lowest BCUT2D eigenvalue weighted by Gasteiger charge is -2.10. The third-order valence-electron chi connectivity index (χ3n) is 3.79. The molecule has 2 aromatic carbocycles. The van der Waals surface area contributed by atoms with Gasteiger partial charge in [-0.3, -0.25) is 0 Å². The van der Waals surface area contributed by atoms with Gasteiger partial charge in [0.2, 0.25) is 11.9 Å². The van der Waals surface area contributed by atoms with E-state index in [0.29, 0.717) is 11.3 Å². The Bertz CT molecular complexity index is 1050. The lowest BCUT2D eigenvalue weighted by atomic mass is 10.2. The lowest BCUT2D eigenvalue weighted by molar-refractivity contribution is -0.147. The summed E-state index contributed by atoms with van der Waals surface area (Å²) in [7, 11) is 0. The quantitative estimate of drug-likeness (QED) is 0.583. The van der Waals surface area contributed by atoms with Gasteiger partial charge in [0.1, 0.15) is 5.75 Å². The first-order valence-corrected chi connectivity index (χ1v) is 8.65. The Labute approximate surface area is 167 Å². The Morgan fingerprint density at radius 3 is 2.62 bits per heavy atom. The van der Waals surface area contributed by atoms with Gasteiger partial charge in [0.25, 0.3) is 0 Å². The molecule has 0 radical (unpaired) electrons. The molecule has 3 N–H and O–H groups in total. The van der Waals surface area contributed by atoms with Crippen molar-refractivity contribution in [1.82, 2.24) is 15.0 Å². The van der Waals surface area contributed by atoms with E-state index in [9.17, 15) is 4.79 Å². The van der Waals surface area contributed by atoms with Crippen LogP contribution >= 0.6 is 0 Å². The molecule has 0 saturated carbocycles. The normalized spacial score (nSPS) is 10.1. The second-order valence-corrected chi connectivity index (χ2v) is 5.96. The number of rotatable bonds is 7. The first-order chi connectivity index (χ1) is 14.0. The minimum Gasteiger partial charge on any atom is -0.482 e. The number of carbonyl (C=O) groups excluding carboxylic acids is 1. The summed E-state index contributed by atoms with van der Waals surface area (Å²) in [5.74, 6) is 0.333. The topological polar surface area (TPSA) is 136 Å². The van der Waals surface area contributed by atoms with Gasteiger partial charge >= 0.3 is 5.97 Å². The molecule has 9 heteroatoms. The van der Waals surface area contributed by atoms with Crippen molar-refractivity contribution in [1.29, 1.82) is 5.26 Å². The molecule has 0 fully saturated rings. The van der Waals surface area contributed by atoms with Gasteiger partial charge < -0.3 is 20.5 Å². The lowest BCUT2D eigenvalue weighted by Crippen LogP contribution is -2.16. The summed E-state index contributed by atoms with van der Waals surface area (Å²) in [6, 6.07) is 16.0. The third kappa shape index (κ3) is 5.64. The minimum atomic E-state index is -0.596. The van der Waals surface area contributed by atoms with Gasteiger partial charge in [-0.05, 0) is 42.8 Å². The molecule has 0 bridgehead atoms. The predicted octanol–water partition coefficient (Wildman–Crippen LogP) is 2.50. The number of esters is 1. The number of anilines is 3. The number of aryl methyl sites for hydroxylation is 1. The van der Waals surface area contributed by atoms with Gasteiger partial charge in [0.15, 0.2) is 19.0 Å². The molecule has 0 unspecified atom stereocenters. The molecule has 1 heterocycles. The van der Waals surface area contributed by atoms with Crippen molar-refractivity contribution in [3.05, 3.63) is 65.5 Å². The number of hydrogen-bond donors (Lipinski definition) is 2. The fourth-order valence-corrected chi connectivity index (χ4v) is 2.35. The first-order valence-electron chi connectivity index (χ1n) is 8.65. The molecule has 0 aliphatic heterocycles. The molecule has 0 spiro atoms. The van der Waals surface area contributed by atoms with Crippen LogP contribution in [-0.4, -0.2) is 27.5 Å². The highest BCUT2D eigenvalue weighted by molar-refractivity contribution is 5.71. The largest absolute Gasteiger partial charge is 0.482 e. The molecular weight excluding hydrogens is 372 g/mol. The molecule has 0 aliphatic carbocycles. The van der Waals surface area contributed by atoms with Gasteiger partial charge in [0.05, 0.1) is 11.6 Å². The summed E-state index contributed by atoms with van der Waals surface area (Å²) in [4.78, 5) is 24.1. The van der Waals surface area contributed by atoms with Crippen LogP contribution in [0, 0.1) is 18.3 Å². The van der Waals surface area contributed by atoms with E-state index in [1.54, 1.807) is 24.3 Å². The Balaban J connectivity index is 1.55. The molecule has 0 aliphatic rings. The van der Waals surface area contributed by atoms with Crippen LogP contribution in [0.3, 0.4) is 0 Å². The number of carbonyl (C=O) groups is 1. The maximum Gasteiger partial charge on any atom is 0.344 e. The van der Waals surface area contributed by atoms with Crippen molar-refractivity contribution in [2.45, 2.75) is 13.5 Å². The van der Waals surface area contributed by atoms with Crippen LogP contribution in [0.5, 0.6) is 5.75 Å². The number of nitrogens with two attached hydrogens (primary N) is 1. The second-order valence-electron chi connectivity index (χ2n) is 5.96. The molecule has 9 nitrogen and oxygen atoms in total. The number of hydrogen-bond acceptors (Lipinski definition) is 9. The van der Waals surface area contributed by atoms with Gasteiger partial charge in [0, 0.05) is 5.69 Å². The van der Waals surface area contributed by atoms with Crippen molar-refractivity contribution in [3.8, 4) is 11.8 Å². The molecule has 146 valence electrons. The zero-order valence-corrected chi connectivity index (χ0v) is 15.6. The average molecular weight is 390 g/mol. The molecular formula is C20H18N6O3. The zero-order chi connectivity index (χ0) is 20.6. The number of nitrogens with one attached hydrogen (secondary N) is 1. The average Bonchev–Trinajstić information content (AvgIpc) is 2.72. The molecule has 0 amide bonds. The summed E-state index contributed by atoms with van der Waals surface area (Å²) in [5, 5.41) is 11.8.